The zero-order valence-corrected chi connectivity index (χ0v) is 15.2. The first kappa shape index (κ1) is 17.7. The van der Waals surface area contributed by atoms with Gasteiger partial charge in [0, 0.05) is 43.2 Å². The summed E-state index contributed by atoms with van der Waals surface area (Å²) >= 11 is 7.49. The van der Waals surface area contributed by atoms with Gasteiger partial charge in [0.05, 0.1) is 5.02 Å². The van der Waals surface area contributed by atoms with Crippen molar-refractivity contribution in [3.05, 3.63) is 34.2 Å². The molecule has 3 rings (SSSR count). The zero-order valence-electron chi connectivity index (χ0n) is 13.7. The average Bonchev–Trinajstić information content (AvgIpc) is 2.96. The van der Waals surface area contributed by atoms with Crippen LogP contribution in [-0.2, 0) is 14.3 Å². The molecule has 0 bridgehead atoms. The number of benzene rings is 1. The Bertz CT molecular complexity index is 827. The molecule has 0 N–H and O–H groups in total. The van der Waals surface area contributed by atoms with Crippen LogP contribution >= 0.6 is 22.9 Å². The first-order valence-corrected chi connectivity index (χ1v) is 9.04. The van der Waals surface area contributed by atoms with Gasteiger partial charge in [-0.1, -0.05) is 29.8 Å². The smallest absolute Gasteiger partial charge is 0.350 e. The van der Waals surface area contributed by atoms with Crippen molar-refractivity contribution in [1.82, 2.24) is 9.80 Å². The average molecular weight is 381 g/mol. The Morgan fingerprint density at radius 3 is 2.40 bits per heavy atom. The number of rotatable bonds is 3. The highest BCUT2D eigenvalue weighted by atomic mass is 35.5. The molecule has 1 aromatic carbocycles. The molecule has 0 saturated carbocycles. The van der Waals surface area contributed by atoms with E-state index in [1.807, 2.05) is 24.3 Å². The summed E-state index contributed by atoms with van der Waals surface area (Å²) in [5.41, 5.74) is 0. The Morgan fingerprint density at radius 2 is 1.76 bits per heavy atom. The number of halogens is 1. The number of nitrogens with zero attached hydrogens (tertiary/aromatic N) is 2. The first-order chi connectivity index (χ1) is 12.0. The van der Waals surface area contributed by atoms with Crippen LogP contribution in [0.2, 0.25) is 5.02 Å². The number of thiophene rings is 1. The number of ether oxygens (including phenoxy) is 1. The third-order valence-corrected chi connectivity index (χ3v) is 5.78. The highest BCUT2D eigenvalue weighted by molar-refractivity contribution is 7.21. The van der Waals surface area contributed by atoms with E-state index in [0.717, 1.165) is 10.1 Å². The number of carbonyl (C=O) groups is 3. The number of amides is 2. The third kappa shape index (κ3) is 3.77. The minimum atomic E-state index is -0.595. The summed E-state index contributed by atoms with van der Waals surface area (Å²) in [6.45, 7) is 3.06. The lowest BCUT2D eigenvalue weighted by Crippen LogP contribution is -2.51. The standard InChI is InChI=1S/C17H17ClN2O4S/c1-11(21)19-6-8-20(9-7-19)14(22)10-24-17(23)16-15(18)12-4-2-3-5-13(12)25-16/h2-5H,6-10H2,1H3. The van der Waals surface area contributed by atoms with Gasteiger partial charge in [0.25, 0.3) is 5.91 Å². The molecule has 0 unspecified atom stereocenters. The van der Waals surface area contributed by atoms with Crippen molar-refractivity contribution in [2.75, 3.05) is 32.8 Å². The molecule has 8 heteroatoms. The molecule has 1 aliphatic heterocycles. The second kappa shape index (κ2) is 7.41. The fraction of sp³-hybridized carbons (Fsp3) is 0.353. The number of carbonyl (C=O) groups excluding carboxylic acids is 3. The molecule has 1 aromatic heterocycles. The van der Waals surface area contributed by atoms with Gasteiger partial charge in [-0.25, -0.2) is 4.79 Å². The highest BCUT2D eigenvalue weighted by Gasteiger charge is 2.24. The van der Waals surface area contributed by atoms with Crippen molar-refractivity contribution in [2.45, 2.75) is 6.92 Å². The van der Waals surface area contributed by atoms with E-state index in [1.54, 1.807) is 9.80 Å². The predicted molar refractivity (Wildman–Crippen MR) is 96.0 cm³/mol. The fourth-order valence-electron chi connectivity index (χ4n) is 2.70. The van der Waals surface area contributed by atoms with Crippen LogP contribution in [0.1, 0.15) is 16.6 Å². The van der Waals surface area contributed by atoms with Gasteiger partial charge in [-0.3, -0.25) is 9.59 Å². The Hall–Kier alpha value is -2.12. The molecule has 25 heavy (non-hydrogen) atoms. The van der Waals surface area contributed by atoms with Crippen molar-refractivity contribution in [3.8, 4) is 0 Å². The van der Waals surface area contributed by atoms with Gasteiger partial charge < -0.3 is 14.5 Å². The zero-order chi connectivity index (χ0) is 18.0. The number of hydrogen-bond acceptors (Lipinski definition) is 5. The molecule has 2 amide bonds. The molecule has 0 radical (unpaired) electrons. The Kier molecular flexibility index (Phi) is 5.24. The summed E-state index contributed by atoms with van der Waals surface area (Å²) in [4.78, 5) is 39.3. The normalized spacial score (nSPS) is 14.6. The minimum absolute atomic E-state index is 0.00192. The second-order valence-corrected chi connectivity index (χ2v) is 7.13. The van der Waals surface area contributed by atoms with Crippen LogP contribution in [0, 0.1) is 0 Å². The number of esters is 1. The summed E-state index contributed by atoms with van der Waals surface area (Å²) in [6.07, 6.45) is 0. The maximum atomic E-state index is 12.2. The number of hydrogen-bond donors (Lipinski definition) is 0. The van der Waals surface area contributed by atoms with Crippen molar-refractivity contribution in [3.63, 3.8) is 0 Å². The van der Waals surface area contributed by atoms with Gasteiger partial charge in [-0.2, -0.15) is 0 Å². The summed E-state index contributed by atoms with van der Waals surface area (Å²) in [5.74, 6) is -0.867. The van der Waals surface area contributed by atoms with Crippen LogP contribution in [0.5, 0.6) is 0 Å². The van der Waals surface area contributed by atoms with Gasteiger partial charge in [0.1, 0.15) is 4.88 Å². The molecule has 2 heterocycles. The van der Waals surface area contributed by atoms with E-state index in [0.29, 0.717) is 36.1 Å². The molecule has 6 nitrogen and oxygen atoms in total. The largest absolute Gasteiger partial charge is 0.451 e. The van der Waals surface area contributed by atoms with Crippen molar-refractivity contribution >= 4 is 50.8 Å². The molecule has 1 saturated heterocycles. The van der Waals surface area contributed by atoms with E-state index < -0.39 is 5.97 Å². The molecule has 0 atom stereocenters. The lowest BCUT2D eigenvalue weighted by molar-refractivity contribution is -0.140. The molecular formula is C17H17ClN2O4S. The minimum Gasteiger partial charge on any atom is -0.451 e. The second-order valence-electron chi connectivity index (χ2n) is 5.70. The third-order valence-electron chi connectivity index (χ3n) is 4.12. The van der Waals surface area contributed by atoms with Crippen LogP contribution < -0.4 is 0 Å². The SMILES string of the molecule is CC(=O)N1CCN(C(=O)COC(=O)c2sc3ccccc3c2Cl)CC1. The van der Waals surface area contributed by atoms with E-state index in [-0.39, 0.29) is 18.4 Å². The number of piperazine rings is 1. The molecule has 0 spiro atoms. The van der Waals surface area contributed by atoms with Gasteiger partial charge in [-0.05, 0) is 6.07 Å². The van der Waals surface area contributed by atoms with E-state index in [1.165, 1.54) is 18.3 Å². The van der Waals surface area contributed by atoms with E-state index >= 15 is 0 Å². The molecule has 1 aliphatic rings. The van der Waals surface area contributed by atoms with Crippen LogP contribution in [0.25, 0.3) is 10.1 Å². The molecular weight excluding hydrogens is 364 g/mol. The maximum absolute atomic E-state index is 12.2. The van der Waals surface area contributed by atoms with Gasteiger partial charge in [0.15, 0.2) is 6.61 Å². The Morgan fingerprint density at radius 1 is 1.12 bits per heavy atom. The van der Waals surface area contributed by atoms with Crippen molar-refractivity contribution < 1.29 is 19.1 Å². The van der Waals surface area contributed by atoms with Crippen LogP contribution in [0.4, 0.5) is 0 Å². The monoisotopic (exact) mass is 380 g/mol. The fourth-order valence-corrected chi connectivity index (χ4v) is 4.10. The summed E-state index contributed by atoms with van der Waals surface area (Å²) in [5, 5.41) is 1.15. The van der Waals surface area contributed by atoms with Crippen LogP contribution in [0.3, 0.4) is 0 Å². The van der Waals surface area contributed by atoms with E-state index in [4.69, 9.17) is 16.3 Å². The lowest BCUT2D eigenvalue weighted by Gasteiger charge is -2.34. The topological polar surface area (TPSA) is 66.9 Å². The van der Waals surface area contributed by atoms with Crippen molar-refractivity contribution in [1.29, 1.82) is 0 Å². The van der Waals surface area contributed by atoms with Crippen LogP contribution in [-0.4, -0.2) is 60.4 Å². The van der Waals surface area contributed by atoms with E-state index in [9.17, 15) is 14.4 Å². The van der Waals surface area contributed by atoms with E-state index in [2.05, 4.69) is 0 Å². The van der Waals surface area contributed by atoms with Crippen LogP contribution in [0.15, 0.2) is 24.3 Å². The lowest BCUT2D eigenvalue weighted by atomic mass is 10.2. The Balaban J connectivity index is 1.57. The molecule has 2 aromatic rings. The summed E-state index contributed by atoms with van der Waals surface area (Å²) in [7, 11) is 0. The van der Waals surface area contributed by atoms with Gasteiger partial charge in [0.2, 0.25) is 5.91 Å². The molecule has 1 fully saturated rings. The van der Waals surface area contributed by atoms with Crippen molar-refractivity contribution in [2.24, 2.45) is 0 Å². The predicted octanol–water partition coefficient (Wildman–Crippen LogP) is 2.40. The number of fused-ring (bicyclic) bond motifs is 1. The highest BCUT2D eigenvalue weighted by Crippen LogP contribution is 2.35. The molecule has 0 aliphatic carbocycles. The first-order valence-electron chi connectivity index (χ1n) is 7.85. The summed E-state index contributed by atoms with van der Waals surface area (Å²) < 4.78 is 6.04. The maximum Gasteiger partial charge on any atom is 0.350 e. The molecule has 132 valence electrons. The Labute approximate surface area is 153 Å². The summed E-state index contributed by atoms with van der Waals surface area (Å²) in [6, 6.07) is 7.43. The van der Waals surface area contributed by atoms with Gasteiger partial charge >= 0.3 is 5.97 Å². The quantitative estimate of drug-likeness (QED) is 0.767. The van der Waals surface area contributed by atoms with Gasteiger partial charge in [-0.15, -0.1) is 11.3 Å².